The molecule has 0 spiro atoms. The molecule has 3 aliphatic rings. The number of ether oxygens (including phenoxy) is 1. The number of hydrogen-bond donors (Lipinski definition) is 3. The van der Waals surface area contributed by atoms with Crippen molar-refractivity contribution in [3.05, 3.63) is 21.6 Å². The second-order valence-electron chi connectivity index (χ2n) is 8.85. The first-order valence-electron chi connectivity index (χ1n) is 11.5. The molecule has 10 nitrogen and oxygen atoms in total. The Morgan fingerprint density at radius 2 is 1.75 bits per heavy atom. The number of aromatic nitrogens is 2. The van der Waals surface area contributed by atoms with Crippen molar-refractivity contribution >= 4 is 29.4 Å². The first-order chi connectivity index (χ1) is 15.5. The Morgan fingerprint density at radius 1 is 1.03 bits per heavy atom. The van der Waals surface area contributed by atoms with E-state index in [-0.39, 0.29) is 23.2 Å². The normalized spacial score (nSPS) is 22.6. The van der Waals surface area contributed by atoms with Gasteiger partial charge in [0.2, 0.25) is 0 Å². The Morgan fingerprint density at radius 3 is 2.50 bits per heavy atom. The van der Waals surface area contributed by atoms with Crippen LogP contribution in [0.25, 0.3) is 0 Å². The fourth-order valence-electron chi connectivity index (χ4n) is 4.73. The maximum Gasteiger partial charge on any atom is 0.407 e. The predicted octanol–water partition coefficient (Wildman–Crippen LogP) is 2.23. The number of carbonyl (C=O) groups is 2. The van der Waals surface area contributed by atoms with Crippen LogP contribution in [0.2, 0.25) is 5.02 Å². The molecule has 4 rings (SSSR count). The van der Waals surface area contributed by atoms with Gasteiger partial charge in [-0.15, -0.1) is 0 Å². The molecule has 1 saturated carbocycles. The molecule has 0 unspecified atom stereocenters. The molecule has 2 aliphatic heterocycles. The highest BCUT2D eigenvalue weighted by atomic mass is 35.5. The minimum atomic E-state index is -0.447. The Balaban J connectivity index is 1.17. The molecule has 0 aromatic carbocycles. The molecule has 0 bridgehead atoms. The van der Waals surface area contributed by atoms with E-state index < -0.39 is 11.7 Å². The number of likely N-dealkylation sites (tertiary alicyclic amines) is 1. The van der Waals surface area contributed by atoms with Crippen LogP contribution in [0, 0.1) is 0 Å². The fraction of sp³-hybridized carbons (Fsp3) is 0.714. The van der Waals surface area contributed by atoms with Crippen molar-refractivity contribution in [2.75, 3.05) is 31.1 Å². The molecule has 32 heavy (non-hydrogen) atoms. The van der Waals surface area contributed by atoms with Gasteiger partial charge in [0.25, 0.3) is 5.56 Å². The number of nitrogens with zero attached hydrogens (tertiary/aromatic N) is 3. The zero-order chi connectivity index (χ0) is 22.5. The van der Waals surface area contributed by atoms with E-state index in [1.165, 1.54) is 25.5 Å². The van der Waals surface area contributed by atoms with Gasteiger partial charge in [-0.25, -0.2) is 14.7 Å². The van der Waals surface area contributed by atoms with Gasteiger partial charge in [-0.1, -0.05) is 30.9 Å². The number of alkyl carbamates (subject to hydrolysis) is 1. The van der Waals surface area contributed by atoms with Gasteiger partial charge in [-0.3, -0.25) is 4.79 Å². The van der Waals surface area contributed by atoms with E-state index in [1.807, 2.05) is 9.80 Å². The van der Waals surface area contributed by atoms with E-state index in [1.54, 1.807) is 0 Å². The van der Waals surface area contributed by atoms with Crippen LogP contribution < -0.4 is 21.1 Å². The van der Waals surface area contributed by atoms with Crippen LogP contribution in [0.15, 0.2) is 11.0 Å². The minimum absolute atomic E-state index is 0.00920. The summed E-state index contributed by atoms with van der Waals surface area (Å²) in [5.74, 6) is 0. The number of amides is 3. The van der Waals surface area contributed by atoms with Crippen molar-refractivity contribution < 1.29 is 14.3 Å². The van der Waals surface area contributed by atoms with Crippen LogP contribution in [-0.4, -0.2) is 71.6 Å². The van der Waals surface area contributed by atoms with Crippen LogP contribution in [0.1, 0.15) is 51.4 Å². The molecule has 3 fully saturated rings. The molecular formula is C21H31ClN6O4. The van der Waals surface area contributed by atoms with Crippen LogP contribution >= 0.6 is 11.6 Å². The Kier molecular flexibility index (Phi) is 7.39. The highest BCUT2D eigenvalue weighted by Gasteiger charge is 2.30. The lowest BCUT2D eigenvalue weighted by Crippen LogP contribution is -2.51. The van der Waals surface area contributed by atoms with E-state index in [4.69, 9.17) is 16.3 Å². The predicted molar refractivity (Wildman–Crippen MR) is 120 cm³/mol. The number of nitrogens with one attached hydrogen (secondary N) is 3. The number of carbonyl (C=O) groups excluding carboxylic acids is 2. The summed E-state index contributed by atoms with van der Waals surface area (Å²) in [4.78, 5) is 40.2. The molecule has 3 N–H and O–H groups in total. The largest absolute Gasteiger partial charge is 0.444 e. The fourth-order valence-corrected chi connectivity index (χ4v) is 4.94. The molecule has 1 atom stereocenters. The Bertz CT molecular complexity index is 866. The van der Waals surface area contributed by atoms with E-state index >= 15 is 0 Å². The van der Waals surface area contributed by atoms with Gasteiger partial charge < -0.3 is 25.2 Å². The Labute approximate surface area is 192 Å². The number of halogens is 1. The van der Waals surface area contributed by atoms with E-state index in [0.29, 0.717) is 57.2 Å². The molecule has 11 heteroatoms. The number of piperidine rings is 1. The summed E-state index contributed by atoms with van der Waals surface area (Å²) in [5.41, 5.74) is 0.103. The average molecular weight is 467 g/mol. The van der Waals surface area contributed by atoms with Gasteiger partial charge in [0.05, 0.1) is 18.4 Å². The molecule has 0 radical (unpaired) electrons. The van der Waals surface area contributed by atoms with E-state index in [2.05, 4.69) is 20.8 Å². The molecule has 1 aromatic heterocycles. The van der Waals surface area contributed by atoms with Crippen LogP contribution in [0.4, 0.5) is 15.3 Å². The first-order valence-corrected chi connectivity index (χ1v) is 11.9. The lowest BCUT2D eigenvalue weighted by Gasteiger charge is -2.34. The number of anilines is 1. The summed E-state index contributed by atoms with van der Waals surface area (Å²) in [6.07, 6.45) is 8.60. The number of rotatable bonds is 4. The van der Waals surface area contributed by atoms with Crippen molar-refractivity contribution in [1.29, 1.82) is 0 Å². The molecular weight excluding hydrogens is 436 g/mol. The third-order valence-electron chi connectivity index (χ3n) is 6.57. The van der Waals surface area contributed by atoms with Crippen molar-refractivity contribution in [2.45, 2.75) is 69.6 Å². The zero-order valence-corrected chi connectivity index (χ0v) is 18.9. The molecule has 1 aromatic rings. The summed E-state index contributed by atoms with van der Waals surface area (Å²) < 4.78 is 5.58. The number of H-pyrrole nitrogens is 1. The van der Waals surface area contributed by atoms with Gasteiger partial charge in [0.1, 0.15) is 11.1 Å². The summed E-state index contributed by atoms with van der Waals surface area (Å²) in [7, 11) is 0. The molecule has 1 aliphatic carbocycles. The SMILES string of the molecule is O=C(NC1CCN(C(=O)NC2CCCCC2)CC1)O[C@@H]1CCN(c2cn[nH]c(=O)c2Cl)C1. The maximum atomic E-state index is 12.5. The number of aromatic amines is 1. The van der Waals surface area contributed by atoms with Gasteiger partial charge in [-0.05, 0) is 25.7 Å². The summed E-state index contributed by atoms with van der Waals surface area (Å²) in [6.45, 7) is 2.32. The highest BCUT2D eigenvalue weighted by Crippen LogP contribution is 2.26. The maximum absolute atomic E-state index is 12.5. The Hall–Kier alpha value is -2.49. The van der Waals surface area contributed by atoms with Crippen molar-refractivity contribution in [3.8, 4) is 0 Å². The standard InChI is InChI=1S/C21H31ClN6O4/c22-18-17(12-23-26-19(18)29)28-11-8-16(13-28)32-21(31)25-15-6-9-27(10-7-15)20(30)24-14-4-2-1-3-5-14/h12,14-16H,1-11,13H2,(H,24,30)(H,25,31)(H,26,29)/t16-/m1/s1. The highest BCUT2D eigenvalue weighted by molar-refractivity contribution is 6.33. The molecule has 3 amide bonds. The number of urea groups is 1. The molecule has 176 valence electrons. The van der Waals surface area contributed by atoms with Crippen molar-refractivity contribution in [2.24, 2.45) is 0 Å². The average Bonchev–Trinajstić information content (AvgIpc) is 3.24. The van der Waals surface area contributed by atoms with Crippen LogP contribution in [0.5, 0.6) is 0 Å². The summed E-state index contributed by atoms with van der Waals surface area (Å²) >= 11 is 6.07. The second kappa shape index (κ2) is 10.4. The summed E-state index contributed by atoms with van der Waals surface area (Å²) in [6, 6.07) is 0.301. The second-order valence-corrected chi connectivity index (χ2v) is 9.23. The summed E-state index contributed by atoms with van der Waals surface area (Å²) in [5, 5.41) is 12.3. The van der Waals surface area contributed by atoms with Crippen molar-refractivity contribution in [3.63, 3.8) is 0 Å². The van der Waals surface area contributed by atoms with E-state index in [9.17, 15) is 14.4 Å². The number of hydrogen-bond acceptors (Lipinski definition) is 6. The molecule has 3 heterocycles. The van der Waals surface area contributed by atoms with Gasteiger partial charge in [0, 0.05) is 38.1 Å². The third-order valence-corrected chi connectivity index (χ3v) is 6.94. The van der Waals surface area contributed by atoms with Gasteiger partial charge in [-0.2, -0.15) is 5.10 Å². The lowest BCUT2D eigenvalue weighted by atomic mass is 9.95. The zero-order valence-electron chi connectivity index (χ0n) is 18.1. The topological polar surface area (TPSA) is 120 Å². The first kappa shape index (κ1) is 22.7. The van der Waals surface area contributed by atoms with Crippen LogP contribution in [0.3, 0.4) is 0 Å². The van der Waals surface area contributed by atoms with E-state index in [0.717, 1.165) is 12.8 Å². The smallest absolute Gasteiger partial charge is 0.407 e. The third kappa shape index (κ3) is 5.65. The minimum Gasteiger partial charge on any atom is -0.444 e. The monoisotopic (exact) mass is 466 g/mol. The quantitative estimate of drug-likeness (QED) is 0.626. The van der Waals surface area contributed by atoms with Crippen LogP contribution in [-0.2, 0) is 4.74 Å². The van der Waals surface area contributed by atoms with Crippen molar-refractivity contribution in [1.82, 2.24) is 25.7 Å². The van der Waals surface area contributed by atoms with Gasteiger partial charge in [0.15, 0.2) is 0 Å². The lowest BCUT2D eigenvalue weighted by molar-refractivity contribution is 0.100. The van der Waals surface area contributed by atoms with Gasteiger partial charge >= 0.3 is 12.1 Å². The molecule has 2 saturated heterocycles.